The Morgan fingerprint density at radius 2 is 1.91 bits per heavy atom. The van der Waals surface area contributed by atoms with Gasteiger partial charge in [0.15, 0.2) is 0 Å². The number of nitrogens with one attached hydrogen (secondary N) is 2. The maximum Gasteiger partial charge on any atom is 0.244 e. The predicted molar refractivity (Wildman–Crippen MR) is 89.8 cm³/mol. The van der Waals surface area contributed by atoms with Crippen LogP contribution in [0.25, 0.3) is 0 Å². The minimum Gasteiger partial charge on any atom is -0.439 e. The van der Waals surface area contributed by atoms with Crippen LogP contribution in [0.1, 0.15) is 24.8 Å². The van der Waals surface area contributed by atoms with E-state index in [0.717, 1.165) is 25.0 Å². The molecule has 0 aliphatic heterocycles. The fraction of sp³-hybridized carbons (Fsp3) is 0.333. The number of rotatable bonds is 5. The number of aromatic nitrogens is 1. The molecule has 1 aliphatic rings. The lowest BCUT2D eigenvalue weighted by Crippen LogP contribution is -2.58. The third kappa shape index (κ3) is 3.35. The van der Waals surface area contributed by atoms with Gasteiger partial charge in [-0.25, -0.2) is 4.98 Å². The smallest absolute Gasteiger partial charge is 0.244 e. The van der Waals surface area contributed by atoms with E-state index in [1.807, 2.05) is 38.2 Å². The van der Waals surface area contributed by atoms with E-state index < -0.39 is 5.54 Å². The van der Waals surface area contributed by atoms with Crippen molar-refractivity contribution in [1.29, 1.82) is 0 Å². The molecule has 0 unspecified atom stereocenters. The maximum absolute atomic E-state index is 12.3. The molecular weight excluding hydrogens is 290 g/mol. The van der Waals surface area contributed by atoms with Gasteiger partial charge in [0.05, 0.1) is 17.4 Å². The van der Waals surface area contributed by atoms with Crippen LogP contribution in [-0.2, 0) is 4.79 Å². The zero-order valence-electron chi connectivity index (χ0n) is 13.4. The summed E-state index contributed by atoms with van der Waals surface area (Å²) in [6.45, 7) is 2.03. The molecule has 1 saturated carbocycles. The second-order valence-electron chi connectivity index (χ2n) is 5.94. The molecule has 3 rings (SSSR count). The molecule has 5 heteroatoms. The molecule has 2 N–H and O–H groups in total. The number of amides is 1. The first-order valence-electron chi connectivity index (χ1n) is 7.82. The maximum atomic E-state index is 12.3. The minimum absolute atomic E-state index is 0.000234. The Hall–Kier alpha value is -2.40. The quantitative estimate of drug-likeness (QED) is 0.889. The van der Waals surface area contributed by atoms with Gasteiger partial charge < -0.3 is 15.4 Å². The van der Waals surface area contributed by atoms with Gasteiger partial charge in [0.1, 0.15) is 5.75 Å². The SMILES string of the molecule is CNC1(C(=O)Nc2ccc(Oc3ccc(C)cc3)nc2)CCC1. The van der Waals surface area contributed by atoms with Crippen molar-refractivity contribution in [2.75, 3.05) is 12.4 Å². The molecule has 1 aliphatic carbocycles. The van der Waals surface area contributed by atoms with E-state index in [1.165, 1.54) is 5.56 Å². The molecule has 1 heterocycles. The van der Waals surface area contributed by atoms with E-state index in [1.54, 1.807) is 18.3 Å². The van der Waals surface area contributed by atoms with Gasteiger partial charge in [-0.15, -0.1) is 0 Å². The number of benzene rings is 1. The normalized spacial score (nSPS) is 15.6. The van der Waals surface area contributed by atoms with Gasteiger partial charge in [-0.2, -0.15) is 0 Å². The molecule has 0 bridgehead atoms. The number of pyridine rings is 1. The van der Waals surface area contributed by atoms with Gasteiger partial charge in [0, 0.05) is 6.07 Å². The molecule has 120 valence electrons. The lowest BCUT2D eigenvalue weighted by atomic mass is 9.76. The molecule has 1 aromatic heterocycles. The number of aryl methyl sites for hydroxylation is 1. The second-order valence-corrected chi connectivity index (χ2v) is 5.94. The third-order valence-corrected chi connectivity index (χ3v) is 4.36. The number of likely N-dealkylation sites (N-methyl/N-ethyl adjacent to an activating group) is 1. The molecule has 1 fully saturated rings. The highest BCUT2D eigenvalue weighted by Gasteiger charge is 2.42. The summed E-state index contributed by atoms with van der Waals surface area (Å²) < 4.78 is 5.68. The Morgan fingerprint density at radius 1 is 1.17 bits per heavy atom. The van der Waals surface area contributed by atoms with Gasteiger partial charge in [-0.1, -0.05) is 17.7 Å². The number of ether oxygens (including phenoxy) is 1. The van der Waals surface area contributed by atoms with Crippen molar-refractivity contribution in [3.63, 3.8) is 0 Å². The van der Waals surface area contributed by atoms with Crippen LogP contribution in [0.3, 0.4) is 0 Å². The average molecular weight is 311 g/mol. The number of hydrogen-bond donors (Lipinski definition) is 2. The first kappa shape index (κ1) is 15.5. The van der Waals surface area contributed by atoms with E-state index in [9.17, 15) is 4.79 Å². The van der Waals surface area contributed by atoms with Crippen molar-refractivity contribution in [2.45, 2.75) is 31.7 Å². The van der Waals surface area contributed by atoms with Crippen molar-refractivity contribution in [3.05, 3.63) is 48.2 Å². The summed E-state index contributed by atoms with van der Waals surface area (Å²) in [5.41, 5.74) is 1.43. The molecule has 1 aromatic carbocycles. The van der Waals surface area contributed by atoms with Crippen molar-refractivity contribution in [1.82, 2.24) is 10.3 Å². The predicted octanol–water partition coefficient (Wildman–Crippen LogP) is 3.26. The summed E-state index contributed by atoms with van der Waals surface area (Å²) in [5.74, 6) is 1.24. The third-order valence-electron chi connectivity index (χ3n) is 4.36. The molecule has 0 spiro atoms. The molecule has 5 nitrogen and oxygen atoms in total. The van der Waals surface area contributed by atoms with E-state index in [0.29, 0.717) is 11.6 Å². The fourth-order valence-corrected chi connectivity index (χ4v) is 2.61. The highest BCUT2D eigenvalue weighted by Crippen LogP contribution is 2.32. The Labute approximate surface area is 136 Å². The summed E-state index contributed by atoms with van der Waals surface area (Å²) in [7, 11) is 1.83. The van der Waals surface area contributed by atoms with Crippen LogP contribution in [0.15, 0.2) is 42.6 Å². The summed E-state index contributed by atoms with van der Waals surface area (Å²) in [5, 5.41) is 6.04. The van der Waals surface area contributed by atoms with Gasteiger partial charge in [0.25, 0.3) is 0 Å². The topological polar surface area (TPSA) is 63.2 Å². The minimum atomic E-state index is -0.420. The zero-order valence-corrected chi connectivity index (χ0v) is 13.4. The van der Waals surface area contributed by atoms with Crippen LogP contribution in [0.4, 0.5) is 5.69 Å². The summed E-state index contributed by atoms with van der Waals surface area (Å²) in [4.78, 5) is 16.6. The van der Waals surface area contributed by atoms with E-state index >= 15 is 0 Å². The van der Waals surface area contributed by atoms with Gasteiger partial charge in [-0.05, 0) is 51.4 Å². The monoisotopic (exact) mass is 311 g/mol. The van der Waals surface area contributed by atoms with E-state index in [2.05, 4.69) is 15.6 Å². The fourth-order valence-electron chi connectivity index (χ4n) is 2.61. The average Bonchev–Trinajstić information content (AvgIpc) is 2.51. The molecule has 2 aromatic rings. The number of nitrogens with zero attached hydrogens (tertiary/aromatic N) is 1. The van der Waals surface area contributed by atoms with Crippen LogP contribution >= 0.6 is 0 Å². The lowest BCUT2D eigenvalue weighted by Gasteiger charge is -2.39. The van der Waals surface area contributed by atoms with E-state index in [4.69, 9.17) is 4.74 Å². The number of carbonyl (C=O) groups is 1. The summed E-state index contributed by atoms with van der Waals surface area (Å²) >= 11 is 0. The number of anilines is 1. The highest BCUT2D eigenvalue weighted by molar-refractivity contribution is 5.98. The lowest BCUT2D eigenvalue weighted by molar-refractivity contribution is -0.125. The Balaban J connectivity index is 1.63. The first-order chi connectivity index (χ1) is 11.1. The molecule has 0 radical (unpaired) electrons. The second kappa shape index (κ2) is 6.38. The summed E-state index contributed by atoms with van der Waals surface area (Å²) in [6, 6.07) is 11.3. The van der Waals surface area contributed by atoms with Crippen molar-refractivity contribution in [3.8, 4) is 11.6 Å². The Bertz CT molecular complexity index is 671. The van der Waals surface area contributed by atoms with Gasteiger partial charge >= 0.3 is 0 Å². The van der Waals surface area contributed by atoms with Crippen molar-refractivity contribution in [2.24, 2.45) is 0 Å². The largest absolute Gasteiger partial charge is 0.439 e. The number of carbonyl (C=O) groups excluding carboxylic acids is 1. The molecule has 23 heavy (non-hydrogen) atoms. The Morgan fingerprint density at radius 3 is 2.43 bits per heavy atom. The van der Waals surface area contributed by atoms with Crippen LogP contribution in [0, 0.1) is 6.92 Å². The van der Waals surface area contributed by atoms with Crippen LogP contribution in [0.2, 0.25) is 0 Å². The molecule has 1 amide bonds. The first-order valence-corrected chi connectivity index (χ1v) is 7.82. The van der Waals surface area contributed by atoms with Crippen LogP contribution in [-0.4, -0.2) is 23.5 Å². The molecule has 0 atom stereocenters. The van der Waals surface area contributed by atoms with Crippen LogP contribution < -0.4 is 15.4 Å². The molecule has 0 saturated heterocycles. The van der Waals surface area contributed by atoms with E-state index in [-0.39, 0.29) is 5.91 Å². The number of hydrogen-bond acceptors (Lipinski definition) is 4. The van der Waals surface area contributed by atoms with Gasteiger partial charge in [-0.3, -0.25) is 4.79 Å². The zero-order chi connectivity index (χ0) is 16.3. The standard InChI is InChI=1S/C18H21N3O2/c1-13-4-7-15(8-5-13)23-16-9-6-14(12-20-16)21-17(22)18(19-2)10-3-11-18/h4-9,12,19H,3,10-11H2,1-2H3,(H,21,22). The van der Waals surface area contributed by atoms with Crippen LogP contribution in [0.5, 0.6) is 11.6 Å². The Kier molecular flexibility index (Phi) is 4.30. The van der Waals surface area contributed by atoms with Gasteiger partial charge in [0.2, 0.25) is 11.8 Å². The summed E-state index contributed by atoms with van der Waals surface area (Å²) in [6.07, 6.45) is 4.44. The highest BCUT2D eigenvalue weighted by atomic mass is 16.5. The van der Waals surface area contributed by atoms with Crippen molar-refractivity contribution < 1.29 is 9.53 Å². The van der Waals surface area contributed by atoms with Crippen molar-refractivity contribution >= 4 is 11.6 Å². The molecular formula is C18H21N3O2.